The first kappa shape index (κ1) is 24.0. The zero-order valence-corrected chi connectivity index (χ0v) is 19.1. The Morgan fingerprint density at radius 2 is 1.61 bits per heavy atom. The van der Waals surface area contributed by atoms with Gasteiger partial charge >= 0.3 is 0 Å². The molecule has 1 aromatic heterocycles. The van der Waals surface area contributed by atoms with Crippen molar-refractivity contribution in [3.63, 3.8) is 0 Å². The third-order valence-corrected chi connectivity index (χ3v) is 5.13. The molecule has 0 saturated carbocycles. The topological polar surface area (TPSA) is 63.0 Å². The second-order valence-corrected chi connectivity index (χ2v) is 7.74. The Kier molecular flexibility index (Phi) is 9.03. The number of furan rings is 1. The third-order valence-electron chi connectivity index (χ3n) is 5.13. The average molecular weight is 447 g/mol. The fourth-order valence-electron chi connectivity index (χ4n) is 3.36. The minimum Gasteiger partial charge on any atom is -0.464 e. The second kappa shape index (κ2) is 12.4. The van der Waals surface area contributed by atoms with Gasteiger partial charge in [0, 0.05) is 26.3 Å². The van der Waals surface area contributed by atoms with Gasteiger partial charge in [-0.3, -0.25) is 9.59 Å². The van der Waals surface area contributed by atoms with Crippen LogP contribution in [-0.2, 0) is 27.4 Å². The maximum absolute atomic E-state index is 13.3. The monoisotopic (exact) mass is 446 g/mol. The first-order valence-electron chi connectivity index (χ1n) is 10.9. The summed E-state index contributed by atoms with van der Waals surface area (Å²) in [5.41, 5.74) is 1.93. The molecular formula is C27H30N2O4. The lowest BCUT2D eigenvalue weighted by atomic mass is 10.2. The molecule has 33 heavy (non-hydrogen) atoms. The van der Waals surface area contributed by atoms with E-state index in [1.807, 2.05) is 79.7 Å². The van der Waals surface area contributed by atoms with Crippen LogP contribution in [0.4, 0.5) is 0 Å². The van der Waals surface area contributed by atoms with E-state index in [0.29, 0.717) is 32.0 Å². The molecule has 0 fully saturated rings. The predicted octanol–water partition coefficient (Wildman–Crippen LogP) is 4.31. The average Bonchev–Trinajstić information content (AvgIpc) is 3.25. The van der Waals surface area contributed by atoms with Gasteiger partial charge in [0.1, 0.15) is 18.1 Å². The van der Waals surface area contributed by atoms with E-state index in [2.05, 4.69) is 0 Å². The first-order valence-corrected chi connectivity index (χ1v) is 10.9. The zero-order chi connectivity index (χ0) is 23.5. The lowest BCUT2D eigenvalue weighted by Crippen LogP contribution is -2.43. The SMILES string of the molecule is COCCN(CC(=O)N(Cc1ccccc1)Cc1ccc(C)o1)C(=O)/C=C/c1ccccc1. The number of ether oxygens (including phenoxy) is 1. The van der Waals surface area contributed by atoms with Crippen LogP contribution in [0.25, 0.3) is 6.08 Å². The molecule has 3 rings (SSSR count). The van der Waals surface area contributed by atoms with E-state index in [0.717, 1.165) is 16.9 Å². The number of carbonyl (C=O) groups is 2. The van der Waals surface area contributed by atoms with Gasteiger partial charge in [0.25, 0.3) is 0 Å². The Labute approximate surface area is 195 Å². The molecule has 6 heteroatoms. The molecule has 3 aromatic rings. The summed E-state index contributed by atoms with van der Waals surface area (Å²) in [6.07, 6.45) is 3.25. The van der Waals surface area contributed by atoms with E-state index >= 15 is 0 Å². The zero-order valence-electron chi connectivity index (χ0n) is 19.1. The van der Waals surface area contributed by atoms with Crippen LogP contribution in [-0.4, -0.2) is 48.4 Å². The number of methoxy groups -OCH3 is 1. The number of nitrogens with zero attached hydrogens (tertiary/aromatic N) is 2. The largest absolute Gasteiger partial charge is 0.464 e. The van der Waals surface area contributed by atoms with Gasteiger partial charge in [-0.25, -0.2) is 0 Å². The van der Waals surface area contributed by atoms with Gasteiger partial charge in [-0.2, -0.15) is 0 Å². The van der Waals surface area contributed by atoms with Crippen molar-refractivity contribution in [1.29, 1.82) is 0 Å². The van der Waals surface area contributed by atoms with Crippen LogP contribution in [0.15, 0.2) is 83.3 Å². The lowest BCUT2D eigenvalue weighted by molar-refractivity contribution is -0.139. The molecule has 0 N–H and O–H groups in total. The molecule has 0 aliphatic rings. The number of hydrogen-bond donors (Lipinski definition) is 0. The summed E-state index contributed by atoms with van der Waals surface area (Å²) in [6, 6.07) is 23.1. The molecule has 0 atom stereocenters. The number of rotatable bonds is 11. The van der Waals surface area contributed by atoms with Crippen molar-refractivity contribution < 1.29 is 18.7 Å². The molecule has 0 saturated heterocycles. The normalized spacial score (nSPS) is 11.0. The highest BCUT2D eigenvalue weighted by molar-refractivity contribution is 5.94. The number of benzene rings is 2. The predicted molar refractivity (Wildman–Crippen MR) is 128 cm³/mol. The molecule has 172 valence electrons. The van der Waals surface area contributed by atoms with Gasteiger partial charge in [0.2, 0.25) is 11.8 Å². The van der Waals surface area contributed by atoms with E-state index in [1.54, 1.807) is 18.1 Å². The van der Waals surface area contributed by atoms with Crippen LogP contribution in [0.3, 0.4) is 0 Å². The molecular weight excluding hydrogens is 416 g/mol. The van der Waals surface area contributed by atoms with Crippen molar-refractivity contribution in [2.45, 2.75) is 20.0 Å². The van der Waals surface area contributed by atoms with Gasteiger partial charge in [0.05, 0.1) is 13.2 Å². The van der Waals surface area contributed by atoms with Gasteiger partial charge in [-0.1, -0.05) is 60.7 Å². The summed E-state index contributed by atoms with van der Waals surface area (Å²) in [6.45, 7) is 3.23. The Morgan fingerprint density at radius 3 is 2.24 bits per heavy atom. The smallest absolute Gasteiger partial charge is 0.247 e. The summed E-state index contributed by atoms with van der Waals surface area (Å²) in [5.74, 6) is 1.10. The fourth-order valence-corrected chi connectivity index (χ4v) is 3.36. The van der Waals surface area contributed by atoms with Gasteiger partial charge in [-0.15, -0.1) is 0 Å². The highest BCUT2D eigenvalue weighted by Crippen LogP contribution is 2.14. The Hall–Kier alpha value is -3.64. The lowest BCUT2D eigenvalue weighted by Gasteiger charge is -2.26. The van der Waals surface area contributed by atoms with Crippen molar-refractivity contribution >= 4 is 17.9 Å². The van der Waals surface area contributed by atoms with Crippen LogP contribution in [0.5, 0.6) is 0 Å². The second-order valence-electron chi connectivity index (χ2n) is 7.74. The minimum atomic E-state index is -0.238. The minimum absolute atomic E-state index is 0.0478. The van der Waals surface area contributed by atoms with E-state index in [4.69, 9.17) is 9.15 Å². The van der Waals surface area contributed by atoms with Crippen LogP contribution < -0.4 is 0 Å². The van der Waals surface area contributed by atoms with Crippen molar-refractivity contribution in [2.75, 3.05) is 26.8 Å². The third kappa shape index (κ3) is 7.77. The summed E-state index contributed by atoms with van der Waals surface area (Å²) in [7, 11) is 1.57. The number of carbonyl (C=O) groups excluding carboxylic acids is 2. The maximum Gasteiger partial charge on any atom is 0.247 e. The molecule has 0 radical (unpaired) electrons. The molecule has 2 amide bonds. The Morgan fingerprint density at radius 1 is 0.909 bits per heavy atom. The highest BCUT2D eigenvalue weighted by atomic mass is 16.5. The van der Waals surface area contributed by atoms with Crippen molar-refractivity contribution in [3.05, 3.63) is 102 Å². The molecule has 0 unspecified atom stereocenters. The van der Waals surface area contributed by atoms with E-state index < -0.39 is 0 Å². The van der Waals surface area contributed by atoms with Crippen molar-refractivity contribution in [1.82, 2.24) is 9.80 Å². The number of aryl methyl sites for hydroxylation is 1. The number of hydrogen-bond acceptors (Lipinski definition) is 4. The van der Waals surface area contributed by atoms with Crippen LogP contribution in [0.1, 0.15) is 22.6 Å². The van der Waals surface area contributed by atoms with E-state index in [1.165, 1.54) is 11.0 Å². The van der Waals surface area contributed by atoms with Crippen LogP contribution >= 0.6 is 0 Å². The molecule has 6 nitrogen and oxygen atoms in total. The Balaban J connectivity index is 1.74. The Bertz CT molecular complexity index is 1040. The van der Waals surface area contributed by atoms with Crippen molar-refractivity contribution in [2.24, 2.45) is 0 Å². The van der Waals surface area contributed by atoms with E-state index in [-0.39, 0.29) is 18.4 Å². The fraction of sp³-hybridized carbons (Fsp3) is 0.259. The van der Waals surface area contributed by atoms with Crippen LogP contribution in [0, 0.1) is 6.92 Å². The quantitative estimate of drug-likeness (QED) is 0.412. The van der Waals surface area contributed by atoms with Gasteiger partial charge < -0.3 is 19.0 Å². The van der Waals surface area contributed by atoms with E-state index in [9.17, 15) is 9.59 Å². The molecule has 0 spiro atoms. The standard InChI is InChI=1S/C27H30N2O4/c1-22-13-15-25(33-22)20-29(19-24-11-7-4-8-12-24)27(31)21-28(17-18-32-2)26(30)16-14-23-9-5-3-6-10-23/h3-16H,17-21H2,1-2H3/b16-14+. The molecule has 2 aromatic carbocycles. The number of amides is 2. The maximum atomic E-state index is 13.3. The molecule has 0 aliphatic heterocycles. The van der Waals surface area contributed by atoms with Crippen LogP contribution in [0.2, 0.25) is 0 Å². The highest BCUT2D eigenvalue weighted by Gasteiger charge is 2.21. The van der Waals surface area contributed by atoms with Gasteiger partial charge in [0.15, 0.2) is 0 Å². The summed E-state index contributed by atoms with van der Waals surface area (Å²) in [4.78, 5) is 29.5. The van der Waals surface area contributed by atoms with Gasteiger partial charge in [-0.05, 0) is 36.3 Å². The summed E-state index contributed by atoms with van der Waals surface area (Å²) < 4.78 is 10.9. The molecule has 1 heterocycles. The summed E-state index contributed by atoms with van der Waals surface area (Å²) >= 11 is 0. The first-order chi connectivity index (χ1) is 16.0. The summed E-state index contributed by atoms with van der Waals surface area (Å²) in [5, 5.41) is 0. The molecule has 0 aliphatic carbocycles. The van der Waals surface area contributed by atoms with Crippen molar-refractivity contribution in [3.8, 4) is 0 Å². The molecule has 0 bridgehead atoms.